The second-order valence-corrected chi connectivity index (χ2v) is 4.03. The molecule has 1 saturated carbocycles. The van der Waals surface area contributed by atoms with E-state index in [-0.39, 0.29) is 6.10 Å². The molecule has 0 aliphatic heterocycles. The van der Waals surface area contributed by atoms with Gasteiger partial charge in [-0.05, 0) is 18.8 Å². The summed E-state index contributed by atoms with van der Waals surface area (Å²) in [6.45, 7) is 0.818. The summed E-state index contributed by atoms with van der Waals surface area (Å²) < 4.78 is 0. The Bertz CT molecular complexity index is 297. The predicted molar refractivity (Wildman–Crippen MR) is 54.3 cm³/mol. The van der Waals surface area contributed by atoms with E-state index >= 15 is 0 Å². The van der Waals surface area contributed by atoms with E-state index in [0.29, 0.717) is 16.9 Å². The topological polar surface area (TPSA) is 58.0 Å². The van der Waals surface area contributed by atoms with Gasteiger partial charge in [0.1, 0.15) is 0 Å². The molecule has 1 aliphatic rings. The van der Waals surface area contributed by atoms with Crippen LogP contribution >= 0.6 is 11.6 Å². The first-order valence-corrected chi connectivity index (χ1v) is 5.01. The zero-order chi connectivity index (χ0) is 9.97. The van der Waals surface area contributed by atoms with Crippen molar-refractivity contribution in [1.82, 2.24) is 9.97 Å². The molecule has 1 heterocycles. The van der Waals surface area contributed by atoms with E-state index in [1.165, 1.54) is 0 Å². The van der Waals surface area contributed by atoms with Crippen molar-refractivity contribution in [3.63, 3.8) is 0 Å². The highest BCUT2D eigenvalue weighted by Gasteiger charge is 2.26. The summed E-state index contributed by atoms with van der Waals surface area (Å²) in [4.78, 5) is 8.02. The molecule has 0 amide bonds. The van der Waals surface area contributed by atoms with Gasteiger partial charge < -0.3 is 10.4 Å². The molecule has 5 heteroatoms. The number of nitrogens with zero attached hydrogens (tertiary/aromatic N) is 2. The van der Waals surface area contributed by atoms with E-state index in [2.05, 4.69) is 15.3 Å². The largest absolute Gasteiger partial charge is 0.393 e. The van der Waals surface area contributed by atoms with Gasteiger partial charge in [-0.2, -0.15) is 0 Å². The summed E-state index contributed by atoms with van der Waals surface area (Å²) in [5.41, 5.74) is 0. The number of aliphatic hydroxyl groups excluding tert-OH is 1. The second-order valence-electron chi connectivity index (χ2n) is 3.60. The van der Waals surface area contributed by atoms with Crippen LogP contribution in [0, 0.1) is 5.92 Å². The fourth-order valence-electron chi connectivity index (χ4n) is 1.51. The maximum atomic E-state index is 9.08. The zero-order valence-corrected chi connectivity index (χ0v) is 8.41. The predicted octanol–water partition coefficient (Wildman–Crippen LogP) is 1.31. The van der Waals surface area contributed by atoms with Crippen LogP contribution in [0.15, 0.2) is 12.4 Å². The Morgan fingerprint density at radius 2 is 2.07 bits per heavy atom. The number of halogens is 1. The number of hydrogen-bond donors (Lipinski definition) is 2. The number of aliphatic hydroxyl groups is 1. The first kappa shape index (κ1) is 9.68. The number of nitrogens with one attached hydrogen (secondary N) is 1. The molecule has 1 aromatic rings. The third-order valence-corrected chi connectivity index (χ3v) is 2.58. The van der Waals surface area contributed by atoms with Crippen LogP contribution in [0.25, 0.3) is 0 Å². The molecule has 0 saturated heterocycles. The summed E-state index contributed by atoms with van der Waals surface area (Å²) in [6.07, 6.45) is 4.77. The van der Waals surface area contributed by atoms with Crippen LogP contribution in [0.1, 0.15) is 12.8 Å². The average Bonchev–Trinajstić information content (AvgIpc) is 2.13. The summed E-state index contributed by atoms with van der Waals surface area (Å²) in [5.74, 6) is 1.14. The Labute approximate surface area is 87.3 Å². The number of aromatic nitrogens is 2. The van der Waals surface area contributed by atoms with E-state index in [9.17, 15) is 0 Å². The first-order valence-electron chi connectivity index (χ1n) is 4.63. The minimum Gasteiger partial charge on any atom is -0.393 e. The van der Waals surface area contributed by atoms with Crippen LogP contribution in [-0.4, -0.2) is 27.7 Å². The van der Waals surface area contributed by atoms with Crippen LogP contribution in [0.2, 0.25) is 5.02 Å². The molecule has 4 nitrogen and oxygen atoms in total. The van der Waals surface area contributed by atoms with Crippen molar-refractivity contribution in [3.05, 3.63) is 17.4 Å². The normalized spacial score (nSPS) is 25.6. The van der Waals surface area contributed by atoms with Crippen molar-refractivity contribution in [3.8, 4) is 0 Å². The summed E-state index contributed by atoms with van der Waals surface area (Å²) in [7, 11) is 0. The van der Waals surface area contributed by atoms with Crippen LogP contribution in [0.5, 0.6) is 0 Å². The lowest BCUT2D eigenvalue weighted by molar-refractivity contribution is 0.0486. The first-order chi connectivity index (χ1) is 6.74. The summed E-state index contributed by atoms with van der Waals surface area (Å²) in [5, 5.41) is 12.7. The van der Waals surface area contributed by atoms with Gasteiger partial charge in [-0.1, -0.05) is 11.6 Å². The Hall–Kier alpha value is -0.870. The average molecular weight is 214 g/mol. The molecular weight excluding hydrogens is 202 g/mol. The van der Waals surface area contributed by atoms with Gasteiger partial charge in [0.2, 0.25) is 5.95 Å². The molecule has 14 heavy (non-hydrogen) atoms. The van der Waals surface area contributed by atoms with Crippen molar-refractivity contribution in [2.45, 2.75) is 18.9 Å². The molecule has 1 aliphatic carbocycles. The molecule has 0 spiro atoms. The number of rotatable bonds is 3. The SMILES string of the molecule is OC1CC(CNc2ncc(Cl)cn2)C1. The van der Waals surface area contributed by atoms with Gasteiger partial charge in [0, 0.05) is 6.54 Å². The minimum atomic E-state index is -0.104. The van der Waals surface area contributed by atoms with E-state index in [4.69, 9.17) is 16.7 Å². The van der Waals surface area contributed by atoms with Crippen molar-refractivity contribution in [2.75, 3.05) is 11.9 Å². The van der Waals surface area contributed by atoms with E-state index < -0.39 is 0 Å². The van der Waals surface area contributed by atoms with Gasteiger partial charge in [-0.15, -0.1) is 0 Å². The Morgan fingerprint density at radius 3 is 2.64 bits per heavy atom. The highest BCUT2D eigenvalue weighted by molar-refractivity contribution is 6.30. The van der Waals surface area contributed by atoms with Gasteiger partial charge >= 0.3 is 0 Å². The Morgan fingerprint density at radius 1 is 1.43 bits per heavy atom. The highest BCUT2D eigenvalue weighted by Crippen LogP contribution is 2.26. The van der Waals surface area contributed by atoms with Gasteiger partial charge in [0.05, 0.1) is 23.5 Å². The molecule has 2 N–H and O–H groups in total. The van der Waals surface area contributed by atoms with Crippen molar-refractivity contribution in [2.24, 2.45) is 5.92 Å². The molecule has 1 fully saturated rings. The highest BCUT2D eigenvalue weighted by atomic mass is 35.5. The molecule has 76 valence electrons. The van der Waals surface area contributed by atoms with Crippen molar-refractivity contribution < 1.29 is 5.11 Å². The zero-order valence-electron chi connectivity index (χ0n) is 7.65. The lowest BCUT2D eigenvalue weighted by Crippen LogP contribution is -2.33. The molecule has 0 unspecified atom stereocenters. The lowest BCUT2D eigenvalue weighted by Gasteiger charge is -2.31. The molecule has 0 aromatic carbocycles. The molecule has 1 aromatic heterocycles. The molecule has 0 radical (unpaired) electrons. The molecule has 0 bridgehead atoms. The maximum absolute atomic E-state index is 9.08. The number of hydrogen-bond acceptors (Lipinski definition) is 4. The standard InChI is InChI=1S/C9H12ClN3O/c10-7-4-12-9(13-5-7)11-3-6-1-8(14)2-6/h4-6,8,14H,1-3H2,(H,11,12,13). The summed E-state index contributed by atoms with van der Waals surface area (Å²) in [6, 6.07) is 0. The van der Waals surface area contributed by atoms with Crippen molar-refractivity contribution in [1.29, 1.82) is 0 Å². The fourth-order valence-corrected chi connectivity index (χ4v) is 1.60. The monoisotopic (exact) mass is 213 g/mol. The van der Waals surface area contributed by atoms with Gasteiger partial charge in [0.25, 0.3) is 0 Å². The Kier molecular flexibility index (Phi) is 2.84. The minimum absolute atomic E-state index is 0.104. The van der Waals surface area contributed by atoms with Gasteiger partial charge in [-0.3, -0.25) is 0 Å². The smallest absolute Gasteiger partial charge is 0.222 e. The van der Waals surface area contributed by atoms with E-state index in [0.717, 1.165) is 19.4 Å². The van der Waals surface area contributed by atoms with Crippen LogP contribution in [0.3, 0.4) is 0 Å². The molecule has 0 atom stereocenters. The van der Waals surface area contributed by atoms with E-state index in [1.54, 1.807) is 12.4 Å². The van der Waals surface area contributed by atoms with Crippen molar-refractivity contribution >= 4 is 17.5 Å². The summed E-state index contributed by atoms with van der Waals surface area (Å²) >= 11 is 5.65. The molecule has 2 rings (SSSR count). The third kappa shape index (κ3) is 2.33. The Balaban J connectivity index is 1.78. The maximum Gasteiger partial charge on any atom is 0.222 e. The van der Waals surface area contributed by atoms with Gasteiger partial charge in [-0.25, -0.2) is 9.97 Å². The third-order valence-electron chi connectivity index (χ3n) is 2.38. The quantitative estimate of drug-likeness (QED) is 0.795. The number of anilines is 1. The van der Waals surface area contributed by atoms with E-state index in [1.807, 2.05) is 0 Å². The van der Waals surface area contributed by atoms with Crippen LogP contribution in [0.4, 0.5) is 5.95 Å². The van der Waals surface area contributed by atoms with Gasteiger partial charge in [0.15, 0.2) is 0 Å². The van der Waals surface area contributed by atoms with Crippen LogP contribution < -0.4 is 5.32 Å². The molecular formula is C9H12ClN3O. The lowest BCUT2D eigenvalue weighted by atomic mass is 9.82. The van der Waals surface area contributed by atoms with Crippen LogP contribution in [-0.2, 0) is 0 Å². The fraction of sp³-hybridized carbons (Fsp3) is 0.556. The second kappa shape index (κ2) is 4.11.